The quantitative estimate of drug-likeness (QED) is 0.665. The lowest BCUT2D eigenvalue weighted by Crippen LogP contribution is -2.13. The summed E-state index contributed by atoms with van der Waals surface area (Å²) < 4.78 is 5.94. The maximum Gasteiger partial charge on any atom is 0.266 e. The maximum atomic E-state index is 12.1. The summed E-state index contributed by atoms with van der Waals surface area (Å²) in [5.74, 6) is 0.246. The molecule has 110 valence electrons. The van der Waals surface area contributed by atoms with Crippen LogP contribution in [0.3, 0.4) is 0 Å². The number of carbonyl (C=O) groups excluding carboxylic acids is 1. The monoisotopic (exact) mass is 356 g/mol. The second-order valence-corrected chi connectivity index (χ2v) is 5.32. The molecule has 0 aliphatic rings. The van der Waals surface area contributed by atoms with E-state index in [4.69, 9.17) is 4.74 Å². The number of carbonyl (C=O) groups is 1. The molecule has 5 heteroatoms. The lowest BCUT2D eigenvalue weighted by molar-refractivity contribution is -0.112. The van der Waals surface area contributed by atoms with Gasteiger partial charge in [0.15, 0.2) is 0 Å². The van der Waals surface area contributed by atoms with E-state index >= 15 is 0 Å². The number of methoxy groups -OCH3 is 1. The third-order valence-electron chi connectivity index (χ3n) is 2.87. The SMILES string of the molecule is COc1ccc(NC(=O)/C(C#N)=C/c2cccc(Br)c2)cc1. The molecule has 0 fully saturated rings. The molecule has 0 atom stereocenters. The standard InChI is InChI=1S/C17H13BrN2O2/c1-22-16-7-5-15(6-8-16)20-17(21)13(11-19)9-12-3-2-4-14(18)10-12/h2-10H,1H3,(H,20,21)/b13-9+. The Kier molecular flexibility index (Phi) is 5.34. The zero-order chi connectivity index (χ0) is 15.9. The van der Waals surface area contributed by atoms with Gasteiger partial charge in [0.25, 0.3) is 5.91 Å². The lowest BCUT2D eigenvalue weighted by atomic mass is 10.1. The molecular formula is C17H13BrN2O2. The molecule has 0 spiro atoms. The Balaban J connectivity index is 2.16. The molecule has 0 bridgehead atoms. The van der Waals surface area contributed by atoms with Crippen molar-refractivity contribution < 1.29 is 9.53 Å². The Hall–Kier alpha value is -2.58. The number of nitrogens with zero attached hydrogens (tertiary/aromatic N) is 1. The average Bonchev–Trinajstić information content (AvgIpc) is 2.53. The Morgan fingerprint density at radius 1 is 1.27 bits per heavy atom. The molecular weight excluding hydrogens is 344 g/mol. The summed E-state index contributed by atoms with van der Waals surface area (Å²) in [6.45, 7) is 0. The van der Waals surface area contributed by atoms with E-state index in [2.05, 4.69) is 21.2 Å². The highest BCUT2D eigenvalue weighted by Crippen LogP contribution is 2.17. The second kappa shape index (κ2) is 7.43. The molecule has 2 rings (SSSR count). The summed E-state index contributed by atoms with van der Waals surface area (Å²) in [6.07, 6.45) is 1.55. The van der Waals surface area contributed by atoms with E-state index in [-0.39, 0.29) is 5.57 Å². The fraction of sp³-hybridized carbons (Fsp3) is 0.0588. The molecule has 2 aromatic carbocycles. The highest BCUT2D eigenvalue weighted by atomic mass is 79.9. The van der Waals surface area contributed by atoms with E-state index < -0.39 is 5.91 Å². The molecule has 0 heterocycles. The minimum Gasteiger partial charge on any atom is -0.497 e. The highest BCUT2D eigenvalue weighted by Gasteiger charge is 2.09. The Bertz CT molecular complexity index is 746. The van der Waals surface area contributed by atoms with Gasteiger partial charge in [-0.05, 0) is 48.0 Å². The third kappa shape index (κ3) is 4.21. The molecule has 0 unspecified atom stereocenters. The topological polar surface area (TPSA) is 62.1 Å². The number of rotatable bonds is 4. The molecule has 0 radical (unpaired) electrons. The van der Waals surface area contributed by atoms with E-state index in [1.807, 2.05) is 30.3 Å². The van der Waals surface area contributed by atoms with Crippen LogP contribution < -0.4 is 10.1 Å². The molecule has 0 aliphatic heterocycles. The van der Waals surface area contributed by atoms with Gasteiger partial charge < -0.3 is 10.1 Å². The number of hydrogen-bond acceptors (Lipinski definition) is 3. The van der Waals surface area contributed by atoms with Gasteiger partial charge in [-0.2, -0.15) is 5.26 Å². The number of anilines is 1. The van der Waals surface area contributed by atoms with E-state index in [1.165, 1.54) is 0 Å². The van der Waals surface area contributed by atoms with Crippen molar-refractivity contribution in [2.24, 2.45) is 0 Å². The van der Waals surface area contributed by atoms with E-state index in [0.717, 1.165) is 10.0 Å². The van der Waals surface area contributed by atoms with Crippen LogP contribution in [-0.2, 0) is 4.79 Å². The van der Waals surface area contributed by atoms with Crippen molar-refractivity contribution in [1.29, 1.82) is 5.26 Å². The van der Waals surface area contributed by atoms with Crippen molar-refractivity contribution in [3.63, 3.8) is 0 Å². The van der Waals surface area contributed by atoms with Gasteiger partial charge >= 0.3 is 0 Å². The average molecular weight is 357 g/mol. The molecule has 4 nitrogen and oxygen atoms in total. The first-order chi connectivity index (χ1) is 10.6. The fourth-order valence-electron chi connectivity index (χ4n) is 1.78. The van der Waals surface area contributed by atoms with Gasteiger partial charge in [0, 0.05) is 10.2 Å². The minimum absolute atomic E-state index is 0.0360. The van der Waals surface area contributed by atoms with Gasteiger partial charge in [0.05, 0.1) is 7.11 Å². The number of nitriles is 1. The Morgan fingerprint density at radius 3 is 2.59 bits per heavy atom. The largest absolute Gasteiger partial charge is 0.497 e. The van der Waals surface area contributed by atoms with Crippen LogP contribution in [0.15, 0.2) is 58.6 Å². The second-order valence-electron chi connectivity index (χ2n) is 4.41. The zero-order valence-electron chi connectivity index (χ0n) is 11.8. The molecule has 2 aromatic rings. The summed E-state index contributed by atoms with van der Waals surface area (Å²) in [4.78, 5) is 12.1. The number of halogens is 1. The first-order valence-corrected chi connectivity index (χ1v) is 7.24. The van der Waals surface area contributed by atoms with Crippen LogP contribution in [0.2, 0.25) is 0 Å². The van der Waals surface area contributed by atoms with Gasteiger partial charge in [-0.15, -0.1) is 0 Å². The number of hydrogen-bond donors (Lipinski definition) is 1. The number of nitrogens with one attached hydrogen (secondary N) is 1. The Labute approximate surface area is 137 Å². The maximum absolute atomic E-state index is 12.1. The van der Waals surface area contributed by atoms with Gasteiger partial charge in [0.1, 0.15) is 17.4 Å². The summed E-state index contributed by atoms with van der Waals surface area (Å²) in [5.41, 5.74) is 1.41. The van der Waals surface area contributed by atoms with Crippen LogP contribution in [0.5, 0.6) is 5.75 Å². The van der Waals surface area contributed by atoms with E-state index in [0.29, 0.717) is 11.4 Å². The van der Waals surface area contributed by atoms with Crippen molar-refractivity contribution in [1.82, 2.24) is 0 Å². The van der Waals surface area contributed by atoms with E-state index in [1.54, 1.807) is 37.5 Å². The van der Waals surface area contributed by atoms with Crippen LogP contribution in [0.4, 0.5) is 5.69 Å². The predicted octanol–water partition coefficient (Wildman–Crippen LogP) is 4.00. The molecule has 0 aromatic heterocycles. The first kappa shape index (κ1) is 15.8. The van der Waals surface area contributed by atoms with Gasteiger partial charge in [-0.25, -0.2) is 0 Å². The van der Waals surface area contributed by atoms with Crippen molar-refractivity contribution in [3.05, 3.63) is 64.1 Å². The normalized spacial score (nSPS) is 10.7. The van der Waals surface area contributed by atoms with Crippen molar-refractivity contribution >= 4 is 33.6 Å². The number of ether oxygens (including phenoxy) is 1. The smallest absolute Gasteiger partial charge is 0.266 e. The minimum atomic E-state index is -0.451. The first-order valence-electron chi connectivity index (χ1n) is 6.45. The molecule has 0 saturated heterocycles. The summed E-state index contributed by atoms with van der Waals surface area (Å²) in [5, 5.41) is 11.9. The highest BCUT2D eigenvalue weighted by molar-refractivity contribution is 9.10. The molecule has 1 amide bonds. The third-order valence-corrected chi connectivity index (χ3v) is 3.37. The van der Waals surface area contributed by atoms with Crippen LogP contribution in [-0.4, -0.2) is 13.0 Å². The van der Waals surface area contributed by atoms with Crippen LogP contribution in [0, 0.1) is 11.3 Å². The Morgan fingerprint density at radius 2 is 2.00 bits per heavy atom. The fourth-order valence-corrected chi connectivity index (χ4v) is 2.20. The van der Waals surface area contributed by atoms with Crippen molar-refractivity contribution in [3.8, 4) is 11.8 Å². The van der Waals surface area contributed by atoms with Gasteiger partial charge in [-0.1, -0.05) is 28.1 Å². The zero-order valence-corrected chi connectivity index (χ0v) is 13.4. The number of amides is 1. The summed E-state index contributed by atoms with van der Waals surface area (Å²) >= 11 is 3.35. The predicted molar refractivity (Wildman–Crippen MR) is 89.4 cm³/mol. The molecule has 0 aliphatic carbocycles. The number of benzene rings is 2. The van der Waals surface area contributed by atoms with Gasteiger partial charge in [-0.3, -0.25) is 4.79 Å². The van der Waals surface area contributed by atoms with Gasteiger partial charge in [0.2, 0.25) is 0 Å². The molecule has 1 N–H and O–H groups in total. The van der Waals surface area contributed by atoms with Crippen LogP contribution in [0.1, 0.15) is 5.56 Å². The van der Waals surface area contributed by atoms with E-state index in [9.17, 15) is 10.1 Å². The van der Waals surface area contributed by atoms with Crippen LogP contribution >= 0.6 is 15.9 Å². The lowest BCUT2D eigenvalue weighted by Gasteiger charge is -2.05. The van der Waals surface area contributed by atoms with Crippen LogP contribution in [0.25, 0.3) is 6.08 Å². The van der Waals surface area contributed by atoms with Crippen molar-refractivity contribution in [2.45, 2.75) is 0 Å². The summed E-state index contributed by atoms with van der Waals surface area (Å²) in [6, 6.07) is 16.2. The summed E-state index contributed by atoms with van der Waals surface area (Å²) in [7, 11) is 1.57. The molecule has 22 heavy (non-hydrogen) atoms. The van der Waals surface area contributed by atoms with Crippen molar-refractivity contribution in [2.75, 3.05) is 12.4 Å². The molecule has 0 saturated carbocycles.